The lowest BCUT2D eigenvalue weighted by molar-refractivity contribution is -0.174. The maximum atomic E-state index is 14.1. The van der Waals surface area contributed by atoms with Crippen molar-refractivity contribution < 1.29 is 40.3 Å². The molecule has 0 saturated heterocycles. The van der Waals surface area contributed by atoms with Gasteiger partial charge in [-0.05, 0) is 42.3 Å². The lowest BCUT2D eigenvalue weighted by Gasteiger charge is -2.25. The van der Waals surface area contributed by atoms with Gasteiger partial charge in [-0.15, -0.1) is 0 Å². The van der Waals surface area contributed by atoms with Crippen LogP contribution in [0.4, 0.5) is 33.6 Å². The van der Waals surface area contributed by atoms with E-state index < -0.39 is 46.2 Å². The second kappa shape index (κ2) is 12.5. The average Bonchev–Trinajstić information content (AvgIpc) is 3.22. The highest BCUT2D eigenvalue weighted by molar-refractivity contribution is 7.92. The van der Waals surface area contributed by atoms with Gasteiger partial charge in [0.25, 0.3) is 0 Å². The Morgan fingerprint density at radius 3 is 2.34 bits per heavy atom. The molecule has 0 aliphatic heterocycles. The number of pyridine rings is 1. The molecule has 2 aromatic carbocycles. The van der Waals surface area contributed by atoms with Gasteiger partial charge in [0.2, 0.25) is 10.0 Å². The number of rotatable bonds is 10. The van der Waals surface area contributed by atoms with Gasteiger partial charge in [-0.1, -0.05) is 17.7 Å². The van der Waals surface area contributed by atoms with Crippen LogP contribution in [0.15, 0.2) is 42.5 Å². The summed E-state index contributed by atoms with van der Waals surface area (Å²) in [5.74, 6) is -4.19. The second-order valence-electron chi connectivity index (χ2n) is 9.92. The number of alkyl halides is 3. The first-order valence-electron chi connectivity index (χ1n) is 12.8. The molecule has 44 heavy (non-hydrogen) atoms. The minimum absolute atomic E-state index is 0.0711. The molecule has 2 heterocycles. The summed E-state index contributed by atoms with van der Waals surface area (Å²) in [7, 11) is -0.741. The van der Waals surface area contributed by atoms with Gasteiger partial charge >= 0.3 is 12.1 Å². The summed E-state index contributed by atoms with van der Waals surface area (Å²) in [4.78, 5) is 18.3. The largest absolute Gasteiger partial charge is 0.471 e. The van der Waals surface area contributed by atoms with Crippen molar-refractivity contribution in [2.75, 3.05) is 36.1 Å². The molecule has 4 rings (SSSR count). The Kier molecular flexibility index (Phi) is 9.37. The van der Waals surface area contributed by atoms with Gasteiger partial charge in [0.05, 0.1) is 40.5 Å². The van der Waals surface area contributed by atoms with Crippen LogP contribution in [-0.2, 0) is 28.3 Å². The fraction of sp³-hybridized carbons (Fsp3) is 0.296. The lowest BCUT2D eigenvalue weighted by Crippen LogP contribution is -2.40. The van der Waals surface area contributed by atoms with Crippen LogP contribution in [0.5, 0.6) is 0 Å². The van der Waals surface area contributed by atoms with Crippen LogP contribution in [-0.4, -0.2) is 66.8 Å². The number of aliphatic hydroxyl groups excluding tert-OH is 1. The van der Waals surface area contributed by atoms with Crippen LogP contribution in [0.3, 0.4) is 0 Å². The summed E-state index contributed by atoms with van der Waals surface area (Å²) in [6, 6.07) is 6.80. The van der Waals surface area contributed by atoms with Crippen molar-refractivity contribution in [1.29, 1.82) is 0 Å². The van der Waals surface area contributed by atoms with Gasteiger partial charge in [0.1, 0.15) is 17.5 Å². The van der Waals surface area contributed by atoms with Crippen molar-refractivity contribution in [2.24, 2.45) is 7.05 Å². The minimum Gasteiger partial charge on any atom is -0.395 e. The maximum Gasteiger partial charge on any atom is 0.471 e. The van der Waals surface area contributed by atoms with E-state index in [9.17, 15) is 40.3 Å². The molecule has 0 spiro atoms. The van der Waals surface area contributed by atoms with Crippen LogP contribution >= 0.6 is 11.6 Å². The first-order valence-corrected chi connectivity index (χ1v) is 15.0. The number of anilines is 2. The number of carbonyl (C=O) groups excluding carboxylic acids is 1. The molecule has 0 saturated carbocycles. The van der Waals surface area contributed by atoms with Gasteiger partial charge < -0.3 is 15.3 Å². The zero-order valence-electron chi connectivity index (χ0n) is 23.4. The number of sulfonamides is 1. The van der Waals surface area contributed by atoms with Crippen molar-refractivity contribution in [3.8, 4) is 11.1 Å². The van der Waals surface area contributed by atoms with Crippen molar-refractivity contribution in [2.45, 2.75) is 18.6 Å². The lowest BCUT2D eigenvalue weighted by atomic mass is 9.94. The number of nitrogens with one attached hydrogen (secondary N) is 2. The number of fused-ring (bicyclic) bond motifs is 1. The Hall–Kier alpha value is -4.02. The molecular weight excluding hydrogens is 635 g/mol. The Morgan fingerprint density at radius 2 is 1.75 bits per heavy atom. The Labute approximate surface area is 253 Å². The SMILES string of the molecule is CN(CCO)c1ccc(-c2ccc(Cl)c3c(NS(C)(=O)=O)nn(C)c23)c(C(Cc2cc(F)cc(F)c2)NC(=O)C(F)(F)F)n1. The number of carbonyl (C=O) groups is 1. The number of nitrogens with zero attached hydrogens (tertiary/aromatic N) is 4. The third kappa shape index (κ3) is 7.36. The molecule has 0 aliphatic rings. The van der Waals surface area contributed by atoms with Crippen LogP contribution < -0.4 is 14.9 Å². The normalized spacial score (nSPS) is 12.8. The Bertz CT molecular complexity index is 1810. The zero-order chi connectivity index (χ0) is 32.6. The summed E-state index contributed by atoms with van der Waals surface area (Å²) in [6.45, 7) is -0.192. The number of benzene rings is 2. The van der Waals surface area contributed by atoms with E-state index in [2.05, 4.69) is 14.8 Å². The fourth-order valence-electron chi connectivity index (χ4n) is 4.70. The van der Waals surface area contributed by atoms with Crippen LogP contribution in [0.25, 0.3) is 22.0 Å². The number of halogens is 6. The Balaban J connectivity index is 2.01. The quantitative estimate of drug-likeness (QED) is 0.216. The van der Waals surface area contributed by atoms with Crippen LogP contribution in [0, 0.1) is 11.6 Å². The molecule has 1 amide bonds. The molecule has 1 unspecified atom stereocenters. The molecule has 10 nitrogen and oxygen atoms in total. The summed E-state index contributed by atoms with van der Waals surface area (Å²) >= 11 is 6.44. The molecule has 236 valence electrons. The predicted octanol–water partition coefficient (Wildman–Crippen LogP) is 4.33. The van der Waals surface area contributed by atoms with E-state index >= 15 is 0 Å². The van der Waals surface area contributed by atoms with Gasteiger partial charge in [0.15, 0.2) is 5.82 Å². The molecule has 0 radical (unpaired) electrons. The maximum absolute atomic E-state index is 14.1. The first kappa shape index (κ1) is 32.9. The van der Waals surface area contributed by atoms with Crippen molar-refractivity contribution >= 4 is 50.1 Å². The topological polar surface area (TPSA) is 129 Å². The summed E-state index contributed by atoms with van der Waals surface area (Å²) < 4.78 is 96.3. The minimum atomic E-state index is -5.31. The molecule has 3 N–H and O–H groups in total. The molecule has 17 heteroatoms. The second-order valence-corrected chi connectivity index (χ2v) is 12.1. The third-order valence-electron chi connectivity index (χ3n) is 6.50. The van der Waals surface area contributed by atoms with Gasteiger partial charge in [-0.3, -0.25) is 14.2 Å². The van der Waals surface area contributed by atoms with Gasteiger partial charge in [-0.25, -0.2) is 22.2 Å². The summed E-state index contributed by atoms with van der Waals surface area (Å²) in [6.07, 6.45) is -4.90. The highest BCUT2D eigenvalue weighted by Crippen LogP contribution is 2.40. The van der Waals surface area contributed by atoms with Gasteiger partial charge in [0, 0.05) is 37.8 Å². The monoisotopic (exact) mass is 660 g/mol. The number of likely N-dealkylation sites (N-methyl/N-ethyl adjacent to an activating group) is 1. The molecule has 1 atom stereocenters. The number of hydrogen-bond donors (Lipinski definition) is 3. The molecular formula is C27H26ClF5N6O4S. The van der Waals surface area contributed by atoms with Crippen molar-refractivity contribution in [3.63, 3.8) is 0 Å². The van der Waals surface area contributed by atoms with E-state index in [-0.39, 0.29) is 63.1 Å². The van der Waals surface area contributed by atoms with E-state index in [0.717, 1.165) is 18.4 Å². The number of hydrogen-bond acceptors (Lipinski definition) is 7. The molecule has 0 bridgehead atoms. The third-order valence-corrected chi connectivity index (χ3v) is 7.38. The van der Waals surface area contributed by atoms with E-state index in [0.29, 0.717) is 6.07 Å². The van der Waals surface area contributed by atoms with Crippen LogP contribution in [0.1, 0.15) is 17.3 Å². The van der Waals surface area contributed by atoms with E-state index in [1.807, 2.05) is 5.32 Å². The fourth-order valence-corrected chi connectivity index (χ4v) is 5.43. The highest BCUT2D eigenvalue weighted by atomic mass is 35.5. The molecule has 0 fully saturated rings. The van der Waals surface area contributed by atoms with E-state index in [4.69, 9.17) is 11.6 Å². The van der Waals surface area contributed by atoms with E-state index in [1.165, 1.54) is 40.9 Å². The molecule has 0 aliphatic carbocycles. The number of aromatic nitrogens is 3. The first-order chi connectivity index (χ1) is 20.5. The average molecular weight is 661 g/mol. The molecule has 2 aromatic heterocycles. The zero-order valence-corrected chi connectivity index (χ0v) is 24.9. The number of aliphatic hydroxyl groups is 1. The van der Waals surface area contributed by atoms with Gasteiger partial charge in [-0.2, -0.15) is 18.3 Å². The van der Waals surface area contributed by atoms with Crippen LogP contribution in [0.2, 0.25) is 5.02 Å². The highest BCUT2D eigenvalue weighted by Gasteiger charge is 2.40. The predicted molar refractivity (Wildman–Crippen MR) is 155 cm³/mol. The summed E-state index contributed by atoms with van der Waals surface area (Å²) in [5, 5.41) is 15.8. The van der Waals surface area contributed by atoms with E-state index in [1.54, 1.807) is 7.05 Å². The smallest absolute Gasteiger partial charge is 0.395 e. The van der Waals surface area contributed by atoms with Crippen molar-refractivity contribution in [3.05, 3.63) is 70.4 Å². The number of aryl methyl sites for hydroxylation is 1. The Morgan fingerprint density at radius 1 is 1.11 bits per heavy atom. The summed E-state index contributed by atoms with van der Waals surface area (Å²) in [5.41, 5.74) is 0.527. The number of amides is 1. The molecule has 4 aromatic rings. The van der Waals surface area contributed by atoms with Crippen molar-refractivity contribution in [1.82, 2.24) is 20.1 Å². The standard InChI is InChI=1S/C27H26ClF5N6O4S/c1-38(8-9-40)21-7-5-17(18-4-6-19(28)22-24(18)39(2)36-25(22)37-44(3,42)43)23(35-21)20(34-26(41)27(31,32)33)12-14-10-15(29)13-16(30)11-14/h4-7,10-11,13,20,40H,8-9,12H2,1-3H3,(H,34,41)(H,36,37).